The number of carboxylic acids is 1. The molecule has 0 bridgehead atoms. The number of hydrogen-bond acceptors (Lipinski definition) is 6. The Balaban J connectivity index is 0.000000290. The number of hydrogen-bond donors (Lipinski definition) is 1. The van der Waals surface area contributed by atoms with Gasteiger partial charge in [-0.15, -0.1) is 34.9 Å². The Kier molecular flexibility index (Phi) is 8.95. The van der Waals surface area contributed by atoms with Gasteiger partial charge in [-0.05, 0) is 18.2 Å². The van der Waals surface area contributed by atoms with Crippen molar-refractivity contribution < 1.29 is 40.4 Å². The van der Waals surface area contributed by atoms with Gasteiger partial charge in [0.15, 0.2) is 0 Å². The van der Waals surface area contributed by atoms with Gasteiger partial charge in [-0.2, -0.15) is 5.10 Å². The molecule has 0 atom stereocenters. The van der Waals surface area contributed by atoms with Crippen LogP contribution >= 0.6 is 0 Å². The van der Waals surface area contributed by atoms with E-state index in [0.717, 1.165) is 17.0 Å². The van der Waals surface area contributed by atoms with E-state index in [2.05, 4.69) is 21.2 Å². The van der Waals surface area contributed by atoms with Crippen LogP contribution < -0.4 is 9.47 Å². The van der Waals surface area contributed by atoms with E-state index >= 15 is 0 Å². The molecule has 0 aliphatic heterocycles. The van der Waals surface area contributed by atoms with Crippen LogP contribution in [0.1, 0.15) is 10.5 Å². The Morgan fingerprint density at radius 3 is 2.27 bits per heavy atom. The first-order chi connectivity index (χ1) is 12.1. The van der Waals surface area contributed by atoms with Crippen molar-refractivity contribution in [2.75, 3.05) is 14.2 Å². The van der Waals surface area contributed by atoms with Gasteiger partial charge in [-0.1, -0.05) is 12.1 Å². The third-order valence-corrected chi connectivity index (χ3v) is 3.03. The normalized spacial score (nSPS) is 9.15. The number of carboxylic acid groups (broad SMARTS) is 1. The zero-order valence-corrected chi connectivity index (χ0v) is 16.3. The summed E-state index contributed by atoms with van der Waals surface area (Å²) in [5, 5.41) is 16.2. The van der Waals surface area contributed by atoms with Crippen LogP contribution in [0.25, 0.3) is 11.3 Å². The number of carbonyl (C=O) groups is 1. The second kappa shape index (κ2) is 10.9. The molecule has 2 heterocycles. The largest absolute Gasteiger partial charge is 0.540 e. The number of nitrogens with zero attached hydrogens (tertiary/aromatic N) is 3. The summed E-state index contributed by atoms with van der Waals surface area (Å²) in [6.45, 7) is 0. The second-order valence-corrected chi connectivity index (χ2v) is 4.62. The van der Waals surface area contributed by atoms with E-state index in [0.29, 0.717) is 5.88 Å². The molecule has 0 spiro atoms. The number of aromatic carboxylic acids is 1. The molecular weight excluding hydrogens is 517 g/mol. The van der Waals surface area contributed by atoms with Crippen molar-refractivity contribution in [3.8, 4) is 22.9 Å². The van der Waals surface area contributed by atoms with Gasteiger partial charge >= 0.3 is 5.97 Å². The third kappa shape index (κ3) is 6.26. The number of ether oxygens (including phenoxy) is 2. The molecule has 1 N–H and O–H groups in total. The molecule has 2 aromatic heterocycles. The fourth-order valence-corrected chi connectivity index (χ4v) is 1.76. The van der Waals surface area contributed by atoms with E-state index in [9.17, 15) is 4.79 Å². The van der Waals surface area contributed by atoms with Gasteiger partial charge in [0.05, 0.1) is 14.2 Å². The molecule has 1 aromatic carbocycles. The minimum Gasteiger partial charge on any atom is -0.540 e. The van der Waals surface area contributed by atoms with Crippen LogP contribution in [0, 0.1) is 6.07 Å². The van der Waals surface area contributed by atoms with Gasteiger partial charge in [0.2, 0.25) is 5.88 Å². The molecule has 8 heteroatoms. The van der Waals surface area contributed by atoms with Crippen molar-refractivity contribution >= 4 is 5.97 Å². The number of aromatic nitrogens is 3. The predicted octanol–water partition coefficient (Wildman–Crippen LogP) is 2.74. The fraction of sp³-hybridized carbons (Fsp3) is 0.111. The van der Waals surface area contributed by atoms with Crippen LogP contribution in [0.3, 0.4) is 0 Å². The summed E-state index contributed by atoms with van der Waals surface area (Å²) in [4.78, 5) is 13.7. The van der Waals surface area contributed by atoms with Gasteiger partial charge in [0.1, 0.15) is 5.69 Å². The van der Waals surface area contributed by atoms with E-state index in [-0.39, 0.29) is 26.8 Å². The summed E-state index contributed by atoms with van der Waals surface area (Å²) < 4.78 is 9.99. The quantitative estimate of drug-likeness (QED) is 0.516. The van der Waals surface area contributed by atoms with Gasteiger partial charge in [-0.3, -0.25) is 0 Å². The Labute approximate surface area is 165 Å². The SMILES string of the molecule is COc1c[c-]c(-c2ccc(OC)nn2)cc1.O=C(O)c1ccccn1.[Pt]. The predicted molar refractivity (Wildman–Crippen MR) is 90.6 cm³/mol. The fourth-order valence-electron chi connectivity index (χ4n) is 1.76. The standard InChI is InChI=1S/C12H11N2O2.C6H5NO2.Pt/c1-15-10-5-3-9(4-6-10)11-7-8-12(16-2)14-13-11;8-6(9)5-3-1-2-4-7-5;/h3,5-8H,1-2H3;1-4H,(H,8,9);/q-1;;. The van der Waals surface area contributed by atoms with Crippen LogP contribution in [0.4, 0.5) is 0 Å². The van der Waals surface area contributed by atoms with Crippen molar-refractivity contribution in [2.45, 2.75) is 0 Å². The maximum Gasteiger partial charge on any atom is 0.354 e. The molecule has 3 aromatic rings. The van der Waals surface area contributed by atoms with Crippen molar-refractivity contribution in [1.82, 2.24) is 15.2 Å². The Morgan fingerprint density at radius 2 is 1.85 bits per heavy atom. The van der Waals surface area contributed by atoms with E-state index < -0.39 is 5.97 Å². The van der Waals surface area contributed by atoms with Crippen LogP contribution in [0.2, 0.25) is 0 Å². The van der Waals surface area contributed by atoms with Crippen molar-refractivity contribution in [3.05, 3.63) is 66.5 Å². The average Bonchev–Trinajstić information content (AvgIpc) is 2.69. The number of rotatable bonds is 4. The third-order valence-electron chi connectivity index (χ3n) is 3.03. The smallest absolute Gasteiger partial charge is 0.354 e. The van der Waals surface area contributed by atoms with Crippen LogP contribution in [-0.4, -0.2) is 40.5 Å². The van der Waals surface area contributed by atoms with Gasteiger partial charge < -0.3 is 14.6 Å². The van der Waals surface area contributed by atoms with Crippen molar-refractivity contribution in [1.29, 1.82) is 0 Å². The van der Waals surface area contributed by atoms with E-state index in [1.807, 2.05) is 18.2 Å². The number of benzene rings is 1. The Hall–Kier alpha value is -2.79. The molecule has 0 amide bonds. The maximum atomic E-state index is 10.1. The van der Waals surface area contributed by atoms with Crippen LogP contribution in [0.5, 0.6) is 11.6 Å². The first kappa shape index (κ1) is 21.3. The monoisotopic (exact) mass is 533 g/mol. The Morgan fingerprint density at radius 1 is 1.04 bits per heavy atom. The molecule has 0 saturated carbocycles. The molecule has 0 unspecified atom stereocenters. The van der Waals surface area contributed by atoms with Gasteiger partial charge in [0, 0.05) is 38.7 Å². The Bertz CT molecular complexity index is 751. The molecule has 0 radical (unpaired) electrons. The number of methoxy groups -OCH3 is 2. The average molecular weight is 533 g/mol. The molecule has 138 valence electrons. The minimum atomic E-state index is -0.990. The minimum absolute atomic E-state index is 0. The van der Waals surface area contributed by atoms with E-state index in [1.54, 1.807) is 38.5 Å². The van der Waals surface area contributed by atoms with Crippen molar-refractivity contribution in [2.24, 2.45) is 0 Å². The molecule has 0 fully saturated rings. The van der Waals surface area contributed by atoms with Gasteiger partial charge in [0.25, 0.3) is 0 Å². The maximum absolute atomic E-state index is 10.1. The number of pyridine rings is 1. The summed E-state index contributed by atoms with van der Waals surface area (Å²) in [6.07, 6.45) is 1.45. The summed E-state index contributed by atoms with van der Waals surface area (Å²) in [5.41, 5.74) is 1.71. The molecule has 0 saturated heterocycles. The van der Waals surface area contributed by atoms with Crippen molar-refractivity contribution in [3.63, 3.8) is 0 Å². The molecule has 7 nitrogen and oxygen atoms in total. The van der Waals surface area contributed by atoms with E-state index in [1.165, 1.54) is 12.3 Å². The summed E-state index contributed by atoms with van der Waals surface area (Å²) >= 11 is 0. The molecular formula is C18H16N3O4Pt-. The summed E-state index contributed by atoms with van der Waals surface area (Å²) in [5.74, 6) is 0.276. The van der Waals surface area contributed by atoms with Crippen LogP contribution in [0.15, 0.2) is 54.7 Å². The first-order valence-corrected chi connectivity index (χ1v) is 7.22. The molecule has 3 rings (SSSR count). The molecule has 26 heavy (non-hydrogen) atoms. The zero-order valence-electron chi connectivity index (χ0n) is 14.0. The van der Waals surface area contributed by atoms with Crippen LogP contribution in [-0.2, 0) is 21.1 Å². The molecule has 0 aliphatic carbocycles. The van der Waals surface area contributed by atoms with E-state index in [4.69, 9.17) is 14.6 Å². The second-order valence-electron chi connectivity index (χ2n) is 4.62. The summed E-state index contributed by atoms with van der Waals surface area (Å²) in [6, 6.07) is 16.9. The summed E-state index contributed by atoms with van der Waals surface area (Å²) in [7, 11) is 3.18. The zero-order chi connectivity index (χ0) is 18.1. The first-order valence-electron chi connectivity index (χ1n) is 7.22. The van der Waals surface area contributed by atoms with Gasteiger partial charge in [-0.25, -0.2) is 9.78 Å². The molecule has 0 aliphatic rings. The topological polar surface area (TPSA) is 94.4 Å².